The van der Waals surface area contributed by atoms with Gasteiger partial charge in [-0.3, -0.25) is 0 Å². The van der Waals surface area contributed by atoms with Crippen LogP contribution in [0.4, 0.5) is 0 Å². The van der Waals surface area contributed by atoms with Gasteiger partial charge in [-0.15, -0.1) is 83.4 Å². The molecule has 0 fully saturated rings. The van der Waals surface area contributed by atoms with Gasteiger partial charge in [0.2, 0.25) is 0 Å². The molecule has 0 aliphatic heterocycles. The van der Waals surface area contributed by atoms with Gasteiger partial charge in [0.05, 0.1) is 0 Å². The minimum absolute atomic E-state index is 0. The van der Waals surface area contributed by atoms with Crippen molar-refractivity contribution < 1.29 is 20.1 Å². The maximum atomic E-state index is 4.92. The Bertz CT molecular complexity index is 4060. The SMILES string of the molecule is [Ir+3].[c-]1cc(-c2ccccc2-c2cc(-c3ccccc3-c3c[c-]c(-c4ccccn4)cc3)cc(-c3ccccc3-c3c[c-]c(-c4cc(-c5ccccc5)ccn4)cc3-c3ccc(-c4ccccc4)cc3)c2)ccc1-c1ccccn1. The molecule has 0 atom stereocenters. The Labute approximate surface area is 475 Å². The van der Waals surface area contributed by atoms with Crippen LogP contribution in [-0.4, -0.2) is 15.0 Å². The molecule has 3 heterocycles. The van der Waals surface area contributed by atoms with Gasteiger partial charge in [0.1, 0.15) is 0 Å². The van der Waals surface area contributed by atoms with Crippen molar-refractivity contribution in [2.75, 3.05) is 0 Å². The van der Waals surface area contributed by atoms with E-state index < -0.39 is 0 Å². The van der Waals surface area contributed by atoms with Gasteiger partial charge in [-0.2, -0.15) is 0 Å². The van der Waals surface area contributed by atoms with Crippen molar-refractivity contribution >= 4 is 0 Å². The van der Waals surface area contributed by atoms with Gasteiger partial charge in [-0.25, -0.2) is 0 Å². The summed E-state index contributed by atoms with van der Waals surface area (Å²) >= 11 is 0. The van der Waals surface area contributed by atoms with E-state index in [1.54, 1.807) is 0 Å². The van der Waals surface area contributed by atoms with E-state index in [1.807, 2.05) is 61.1 Å². The Kier molecular flexibility index (Phi) is 14.5. The quantitative estimate of drug-likeness (QED) is 0.114. The first-order valence-electron chi connectivity index (χ1n) is 26.2. The van der Waals surface area contributed by atoms with E-state index in [2.05, 4.69) is 259 Å². The smallest absolute Gasteiger partial charge is 0.305 e. The van der Waals surface area contributed by atoms with Gasteiger partial charge >= 0.3 is 20.1 Å². The molecule has 0 saturated heterocycles. The molecule has 0 saturated carbocycles. The zero-order valence-corrected chi connectivity index (χ0v) is 45.3. The van der Waals surface area contributed by atoms with E-state index in [1.165, 1.54) is 5.56 Å². The second-order valence-electron chi connectivity index (χ2n) is 19.3. The number of pyridine rings is 3. The van der Waals surface area contributed by atoms with Gasteiger partial charge in [-0.1, -0.05) is 227 Å². The molecule has 13 rings (SSSR count). The van der Waals surface area contributed by atoms with Gasteiger partial charge in [-0.05, 0) is 115 Å². The van der Waals surface area contributed by atoms with E-state index in [0.717, 1.165) is 128 Å². The molecule has 0 unspecified atom stereocenters. The molecule has 79 heavy (non-hydrogen) atoms. The Hall–Kier alpha value is -9.70. The molecule has 0 N–H and O–H groups in total. The first-order chi connectivity index (χ1) is 38.7. The fraction of sp³-hybridized carbons (Fsp3) is 0. The van der Waals surface area contributed by atoms with Crippen LogP contribution in [0, 0.1) is 18.2 Å². The van der Waals surface area contributed by atoms with Crippen LogP contribution < -0.4 is 0 Å². The normalized spacial score (nSPS) is 10.9. The average Bonchev–Trinajstić information content (AvgIpc) is 3.60. The van der Waals surface area contributed by atoms with E-state index in [9.17, 15) is 0 Å². The Morgan fingerprint density at radius 2 is 0.595 bits per heavy atom. The van der Waals surface area contributed by atoms with Crippen LogP contribution in [0.5, 0.6) is 0 Å². The first kappa shape index (κ1) is 50.1. The van der Waals surface area contributed by atoms with Crippen molar-refractivity contribution in [3.05, 3.63) is 310 Å². The molecule has 372 valence electrons. The van der Waals surface area contributed by atoms with Crippen molar-refractivity contribution in [2.24, 2.45) is 0 Å². The first-order valence-corrected chi connectivity index (χ1v) is 26.2. The summed E-state index contributed by atoms with van der Waals surface area (Å²) in [5.74, 6) is 0. The monoisotopic (exact) mass is 1180 g/mol. The molecule has 13 aromatic rings. The predicted octanol–water partition coefficient (Wildman–Crippen LogP) is 19.3. The third kappa shape index (κ3) is 10.6. The largest absolute Gasteiger partial charge is 3.00 e. The van der Waals surface area contributed by atoms with E-state index >= 15 is 0 Å². The summed E-state index contributed by atoms with van der Waals surface area (Å²) in [6.45, 7) is 0. The van der Waals surface area contributed by atoms with Gasteiger partial charge in [0, 0.05) is 18.6 Å². The van der Waals surface area contributed by atoms with E-state index in [0.29, 0.717) is 0 Å². The topological polar surface area (TPSA) is 38.7 Å². The van der Waals surface area contributed by atoms with E-state index in [-0.39, 0.29) is 20.1 Å². The molecule has 10 aromatic carbocycles. The van der Waals surface area contributed by atoms with Crippen LogP contribution in [0.2, 0.25) is 0 Å². The molecule has 3 nitrogen and oxygen atoms in total. The maximum Gasteiger partial charge on any atom is 3.00 e. The Balaban J connectivity index is 0.00000623. The minimum Gasteiger partial charge on any atom is -0.305 e. The second-order valence-corrected chi connectivity index (χ2v) is 19.3. The fourth-order valence-corrected chi connectivity index (χ4v) is 10.5. The van der Waals surface area contributed by atoms with Crippen LogP contribution in [0.25, 0.3) is 134 Å². The van der Waals surface area contributed by atoms with Crippen LogP contribution in [0.1, 0.15) is 0 Å². The Morgan fingerprint density at radius 3 is 1.08 bits per heavy atom. The van der Waals surface area contributed by atoms with Crippen LogP contribution >= 0.6 is 0 Å². The van der Waals surface area contributed by atoms with Crippen LogP contribution in [0.15, 0.2) is 292 Å². The molecule has 3 aromatic heterocycles. The fourth-order valence-electron chi connectivity index (χ4n) is 10.5. The van der Waals surface area contributed by atoms with Crippen molar-refractivity contribution in [3.8, 4) is 134 Å². The average molecular weight is 1180 g/mol. The molecule has 0 radical (unpaired) electrons. The van der Waals surface area contributed by atoms with Crippen molar-refractivity contribution in [1.82, 2.24) is 15.0 Å². The summed E-state index contributed by atoms with van der Waals surface area (Å²) in [7, 11) is 0. The van der Waals surface area contributed by atoms with Crippen molar-refractivity contribution in [3.63, 3.8) is 0 Å². The zero-order chi connectivity index (χ0) is 52.0. The van der Waals surface area contributed by atoms with Gasteiger partial charge < -0.3 is 15.0 Å². The number of aromatic nitrogens is 3. The molecule has 0 amide bonds. The van der Waals surface area contributed by atoms with Crippen LogP contribution in [0.3, 0.4) is 0 Å². The molecule has 4 heteroatoms. The minimum atomic E-state index is 0. The van der Waals surface area contributed by atoms with Crippen molar-refractivity contribution in [1.29, 1.82) is 0 Å². The standard InChI is InChI=1S/C75H48N3.Ir/c1-3-17-52(18-4-1)54-29-31-57(32-30-54)72-50-61(75-51-60(43-46-78-75)53-19-5-2-6-20-53)41-42-71(72)70-26-12-11-25-69(70)64-48-62(67-23-9-7-21-65(67)55-33-37-58(38-34-55)73-27-13-15-44-76-73)47-63(49-64)68-24-10-8-22-66(68)56-35-39-59(40-36-56)74-28-14-16-45-77-74;/h1-37,39,42-51H;/q-3;+3. The van der Waals surface area contributed by atoms with Crippen molar-refractivity contribution in [2.45, 2.75) is 0 Å². The molecule has 0 aliphatic carbocycles. The summed E-state index contributed by atoms with van der Waals surface area (Å²) in [5, 5.41) is 0. The predicted molar refractivity (Wildman–Crippen MR) is 322 cm³/mol. The third-order valence-corrected chi connectivity index (χ3v) is 14.5. The number of nitrogens with zero attached hydrogens (tertiary/aromatic N) is 3. The molecule has 0 bridgehead atoms. The molecule has 0 aliphatic rings. The van der Waals surface area contributed by atoms with Gasteiger partial charge in [0.25, 0.3) is 0 Å². The van der Waals surface area contributed by atoms with Crippen LogP contribution in [-0.2, 0) is 20.1 Å². The molecular weight excluding hydrogens is 1140 g/mol. The maximum absolute atomic E-state index is 4.92. The third-order valence-electron chi connectivity index (χ3n) is 14.5. The molecule has 0 spiro atoms. The Morgan fingerprint density at radius 1 is 0.203 bits per heavy atom. The van der Waals surface area contributed by atoms with Gasteiger partial charge in [0.15, 0.2) is 0 Å². The number of benzene rings is 10. The summed E-state index contributed by atoms with van der Waals surface area (Å²) in [6, 6.07) is 107. The number of hydrogen-bond donors (Lipinski definition) is 0. The summed E-state index contributed by atoms with van der Waals surface area (Å²) < 4.78 is 0. The number of hydrogen-bond acceptors (Lipinski definition) is 3. The summed E-state index contributed by atoms with van der Waals surface area (Å²) in [6.07, 6.45) is 5.54. The number of rotatable bonds is 12. The summed E-state index contributed by atoms with van der Waals surface area (Å²) in [5.41, 5.74) is 25.4. The second kappa shape index (κ2) is 22.9. The molecular formula is C75H48IrN3. The van der Waals surface area contributed by atoms with E-state index in [4.69, 9.17) is 4.98 Å². The summed E-state index contributed by atoms with van der Waals surface area (Å²) in [4.78, 5) is 14.1. The zero-order valence-electron chi connectivity index (χ0n) is 42.9.